The van der Waals surface area contributed by atoms with Crippen molar-refractivity contribution in [1.82, 2.24) is 9.21 Å². The van der Waals surface area contributed by atoms with Crippen LogP contribution in [0.5, 0.6) is 0 Å². The quantitative estimate of drug-likeness (QED) is 0.144. The molecule has 160 valence electrons. The Morgan fingerprint density at radius 2 is 1.90 bits per heavy atom. The second-order valence-electron chi connectivity index (χ2n) is 6.93. The van der Waals surface area contributed by atoms with Crippen molar-refractivity contribution >= 4 is 36.8 Å². The number of benzene rings is 1. The minimum Gasteiger partial charge on any atom is -0.870 e. The molecule has 1 aliphatic heterocycles. The van der Waals surface area contributed by atoms with Crippen LogP contribution >= 0.6 is 12.8 Å². The summed E-state index contributed by atoms with van der Waals surface area (Å²) in [5.74, 6) is 0.256. The first-order valence-corrected chi connectivity index (χ1v) is 10.0. The number of rotatable bonds is 10. The van der Waals surface area contributed by atoms with Gasteiger partial charge in [0.1, 0.15) is 0 Å². The van der Waals surface area contributed by atoms with E-state index in [2.05, 4.69) is 43.1 Å². The smallest absolute Gasteiger partial charge is 0.870 e. The van der Waals surface area contributed by atoms with E-state index in [0.29, 0.717) is 19.6 Å². The van der Waals surface area contributed by atoms with E-state index in [1.807, 2.05) is 27.4 Å². The van der Waals surface area contributed by atoms with Gasteiger partial charge in [0.2, 0.25) is 5.91 Å². The molecule has 1 amide bonds. The molecule has 0 bridgehead atoms. The predicted octanol–water partition coefficient (Wildman–Crippen LogP) is -0.856. The third kappa shape index (κ3) is 8.45. The zero-order valence-electron chi connectivity index (χ0n) is 17.8. The van der Waals surface area contributed by atoms with Crippen LogP contribution in [0.4, 0.5) is 0 Å². The van der Waals surface area contributed by atoms with E-state index in [0.717, 1.165) is 43.4 Å². The average molecular weight is 442 g/mol. The molecule has 5 N–H and O–H groups in total. The Kier molecular flexibility index (Phi) is 14.0. The van der Waals surface area contributed by atoms with Crippen LogP contribution in [0, 0.1) is 0 Å². The molecule has 30 heavy (non-hydrogen) atoms. The summed E-state index contributed by atoms with van der Waals surface area (Å²) in [6.07, 6.45) is 6.96. The first-order chi connectivity index (χ1) is 13.5. The zero-order chi connectivity index (χ0) is 20.5. The van der Waals surface area contributed by atoms with Crippen molar-refractivity contribution in [1.29, 1.82) is 0 Å². The van der Waals surface area contributed by atoms with Crippen LogP contribution in [0.3, 0.4) is 0 Å². The van der Waals surface area contributed by atoms with Gasteiger partial charge in [0.15, 0.2) is 5.96 Å². The number of nitrogens with two attached hydrogens (primary N) is 2. The SMILES string of the molecule is C=Cc1ccc(CCN2CCN(S)C(CCCCN=C(N)N)C2=O)cc1C=C.[Na+].[OH-]. The number of carbonyl (C=O) groups is 1. The summed E-state index contributed by atoms with van der Waals surface area (Å²) >= 11 is 4.50. The third-order valence-electron chi connectivity index (χ3n) is 5.00. The van der Waals surface area contributed by atoms with E-state index in [1.165, 1.54) is 5.56 Å². The first kappa shape index (κ1) is 28.7. The van der Waals surface area contributed by atoms with Crippen LogP contribution in [-0.4, -0.2) is 58.8 Å². The van der Waals surface area contributed by atoms with E-state index < -0.39 is 0 Å². The molecule has 0 aromatic heterocycles. The number of guanidine groups is 1. The monoisotopic (exact) mass is 441 g/mol. The molecule has 1 aliphatic rings. The van der Waals surface area contributed by atoms with Crippen molar-refractivity contribution in [3.05, 3.63) is 48.0 Å². The molecular weight excluding hydrogens is 409 g/mol. The Hall–Kier alpha value is -1.29. The van der Waals surface area contributed by atoms with Crippen molar-refractivity contribution in [3.63, 3.8) is 0 Å². The van der Waals surface area contributed by atoms with Crippen molar-refractivity contribution in [2.24, 2.45) is 16.5 Å². The molecule has 7 nitrogen and oxygen atoms in total. The van der Waals surface area contributed by atoms with Gasteiger partial charge in [-0.05, 0) is 42.4 Å². The molecule has 1 aromatic rings. The first-order valence-electron chi connectivity index (χ1n) is 9.63. The molecule has 2 rings (SSSR count). The summed E-state index contributed by atoms with van der Waals surface area (Å²) in [7, 11) is 0. The number of piperazine rings is 1. The number of carbonyl (C=O) groups excluding carboxylic acids is 1. The van der Waals surface area contributed by atoms with Gasteiger partial charge in [0, 0.05) is 26.2 Å². The number of thiol groups is 1. The van der Waals surface area contributed by atoms with Gasteiger partial charge in [0.05, 0.1) is 6.04 Å². The standard InChI is InChI=1S/C21H31N5OS.Na.H2O/c1-3-17-9-8-16(15-18(17)4-2)10-12-25-13-14-26(28)19(20(25)27)7-5-6-11-24-21(22)23;;/h3-4,8-9,15,19,28H,1-2,5-7,10-14H2,(H4,22,23,24);;1H2/q;+1;/p-1. The van der Waals surface area contributed by atoms with E-state index >= 15 is 0 Å². The van der Waals surface area contributed by atoms with E-state index in [-0.39, 0.29) is 52.9 Å². The van der Waals surface area contributed by atoms with Crippen molar-refractivity contribution in [3.8, 4) is 0 Å². The van der Waals surface area contributed by atoms with Crippen LogP contribution in [-0.2, 0) is 11.2 Å². The van der Waals surface area contributed by atoms with Gasteiger partial charge in [-0.3, -0.25) is 9.79 Å². The fourth-order valence-corrected chi connectivity index (χ4v) is 3.69. The summed E-state index contributed by atoms with van der Waals surface area (Å²) in [6, 6.07) is 6.06. The minimum atomic E-state index is -0.192. The fraction of sp³-hybridized carbons (Fsp3) is 0.429. The van der Waals surface area contributed by atoms with Gasteiger partial charge >= 0.3 is 29.6 Å². The van der Waals surface area contributed by atoms with Crippen LogP contribution in [0.25, 0.3) is 12.2 Å². The summed E-state index contributed by atoms with van der Waals surface area (Å²) < 4.78 is 1.86. The zero-order valence-corrected chi connectivity index (χ0v) is 20.7. The van der Waals surface area contributed by atoms with E-state index in [4.69, 9.17) is 11.5 Å². The van der Waals surface area contributed by atoms with Crippen molar-refractivity contribution in [2.45, 2.75) is 31.7 Å². The molecule has 0 spiro atoms. The number of unbranched alkanes of at least 4 members (excludes halogenated alkanes) is 1. The molecule has 0 saturated carbocycles. The van der Waals surface area contributed by atoms with E-state index in [9.17, 15) is 4.79 Å². The molecule has 1 heterocycles. The number of amides is 1. The summed E-state index contributed by atoms with van der Waals surface area (Å²) in [5.41, 5.74) is 14.0. The molecule has 9 heteroatoms. The maximum Gasteiger partial charge on any atom is 1.00 e. The van der Waals surface area contributed by atoms with Crippen molar-refractivity contribution < 1.29 is 39.8 Å². The maximum atomic E-state index is 12.9. The number of nitrogens with zero attached hydrogens (tertiary/aromatic N) is 3. The number of hydrogen-bond donors (Lipinski definition) is 3. The van der Waals surface area contributed by atoms with Gasteiger partial charge < -0.3 is 21.8 Å². The summed E-state index contributed by atoms with van der Waals surface area (Å²) in [5, 5.41) is 0. The molecular formula is C21H32N5NaO2S. The van der Waals surface area contributed by atoms with Crippen LogP contribution in [0.1, 0.15) is 36.0 Å². The van der Waals surface area contributed by atoms with Gasteiger partial charge in [-0.15, -0.1) is 0 Å². The largest absolute Gasteiger partial charge is 1.00 e. The summed E-state index contributed by atoms with van der Waals surface area (Å²) in [6.45, 7) is 10.4. The maximum absolute atomic E-state index is 12.9. The Balaban J connectivity index is 0.00000420. The molecule has 1 saturated heterocycles. The molecule has 1 aromatic carbocycles. The number of aliphatic imine (C=N–C) groups is 1. The Morgan fingerprint density at radius 1 is 1.20 bits per heavy atom. The molecule has 1 unspecified atom stereocenters. The average Bonchev–Trinajstić information content (AvgIpc) is 2.68. The number of hydrogen-bond acceptors (Lipinski definition) is 5. The van der Waals surface area contributed by atoms with Gasteiger partial charge in [-0.2, -0.15) is 0 Å². The molecule has 1 atom stereocenters. The minimum absolute atomic E-state index is 0. The normalized spacial score (nSPS) is 16.2. The van der Waals surface area contributed by atoms with E-state index in [1.54, 1.807) is 0 Å². The summed E-state index contributed by atoms with van der Waals surface area (Å²) in [4.78, 5) is 18.8. The third-order valence-corrected chi connectivity index (χ3v) is 5.48. The Labute approximate surface area is 207 Å². The second kappa shape index (κ2) is 14.7. The van der Waals surface area contributed by atoms with Crippen LogP contribution in [0.2, 0.25) is 0 Å². The topological polar surface area (TPSA) is 118 Å². The second-order valence-corrected chi connectivity index (χ2v) is 7.44. The fourth-order valence-electron chi connectivity index (χ4n) is 3.39. The molecule has 1 fully saturated rings. The van der Waals surface area contributed by atoms with Crippen molar-refractivity contribution in [2.75, 3.05) is 26.2 Å². The van der Waals surface area contributed by atoms with Gasteiger partial charge in [-0.1, -0.05) is 56.3 Å². The van der Waals surface area contributed by atoms with Gasteiger partial charge in [-0.25, -0.2) is 4.31 Å². The predicted molar refractivity (Wildman–Crippen MR) is 123 cm³/mol. The Morgan fingerprint density at radius 3 is 2.53 bits per heavy atom. The van der Waals surface area contributed by atoms with Gasteiger partial charge in [0.25, 0.3) is 0 Å². The van der Waals surface area contributed by atoms with Crippen LogP contribution < -0.4 is 41.0 Å². The Bertz CT molecular complexity index is 740. The molecule has 0 radical (unpaired) electrons. The molecule has 0 aliphatic carbocycles. The van der Waals surface area contributed by atoms with Crippen LogP contribution in [0.15, 0.2) is 36.3 Å².